The molecular formula is C95H150N26O26. The maximum atomic E-state index is 15.6. The Morgan fingerprint density at radius 1 is 0.503 bits per heavy atom. The summed E-state index contributed by atoms with van der Waals surface area (Å²) < 4.78 is 11.0. The van der Waals surface area contributed by atoms with Gasteiger partial charge in [-0.2, -0.15) is 0 Å². The summed E-state index contributed by atoms with van der Waals surface area (Å²) in [5.74, 6) is -19.5. The number of amides is 16. The molecular weight excluding hydrogens is 1920 g/mol. The standard InChI is InChI=1S/C95H150N26O26/c1-59(122)110-65-29-20-39-102-76(124)51-72(118-90(142)70(49-60-52-107-63-26-15-14-25-62(60)63)116-86(138)66(30-21-40-105-94(97)98)111-77(125)54-108-84(136)71(117-85(65)137)50-61-53-101-58-109-61)92(144)121-45-24-33-74(121)93(145)120-44-23-32-73(120)91(143)115-68(31-22-41-106-95(99)100)88(140)114-69(36-37-80(129)130)89(141)113-67(28-17-19-43-119(55-81(131)132)56-82(133)134)87(139)112-64(83(96)135)27-16-18-38-103-78(126)57-147-48-47-146-46-42-104-75(123)34-12-10-8-6-4-2-3-5-7-9-11-13-35-79(127)128/h14-15,25-26,52-53,58,64-74,107H,2-13,16-24,27-51,54-57H2,1H3,(H2,96,135)(H,101,109)(H,102,124)(H,103,126)(H,104,123)(H,108,136)(H,110,122)(H,111,125)(H,112,139)(H,113,141)(H,114,140)(H,115,143)(H,116,138)(H,117,137)(H,118,142)(H,127,128)(H,129,130)(H,131,132)(H,133,134)(H4,97,98,105)(H4,99,100,106)/t64-,65-,66-,67-,68-,69-,70-,71-,72-,73-,74-/m0/s1. The number of nitrogens with one attached hydrogen (secondary N) is 19. The number of aromatic nitrogens is 3. The molecule has 11 atom stereocenters. The van der Waals surface area contributed by atoms with Gasteiger partial charge in [-0.3, -0.25) is 112 Å². The summed E-state index contributed by atoms with van der Waals surface area (Å²) >= 11 is 0. The van der Waals surface area contributed by atoms with Gasteiger partial charge >= 0.3 is 23.9 Å². The molecule has 0 radical (unpaired) electrons. The van der Waals surface area contributed by atoms with Crippen LogP contribution in [0.3, 0.4) is 0 Å². The minimum Gasteiger partial charge on any atom is -0.481 e. The number of para-hydroxylation sites is 1. The first kappa shape index (κ1) is 121. The van der Waals surface area contributed by atoms with Crippen molar-refractivity contribution < 1.29 is 126 Å². The van der Waals surface area contributed by atoms with Crippen molar-refractivity contribution in [3.05, 3.63) is 54.2 Å². The third-order valence-electron chi connectivity index (χ3n) is 24.8. The van der Waals surface area contributed by atoms with Gasteiger partial charge in [0.1, 0.15) is 73.1 Å². The van der Waals surface area contributed by atoms with Crippen LogP contribution in [0.25, 0.3) is 10.9 Å². The second-order valence-corrected chi connectivity index (χ2v) is 36.7. The van der Waals surface area contributed by atoms with Crippen molar-refractivity contribution in [2.45, 2.75) is 298 Å². The molecule has 147 heavy (non-hydrogen) atoms. The molecule has 1 aromatic carbocycles. The number of hydrogen-bond acceptors (Lipinski definition) is 26. The molecule has 2 aromatic heterocycles. The number of benzene rings is 1. The van der Waals surface area contributed by atoms with Gasteiger partial charge in [-0.15, -0.1) is 0 Å². The van der Waals surface area contributed by atoms with Crippen molar-refractivity contribution in [2.24, 2.45) is 17.2 Å². The van der Waals surface area contributed by atoms with Crippen LogP contribution in [0, 0.1) is 10.8 Å². The summed E-state index contributed by atoms with van der Waals surface area (Å²) in [5, 5.41) is 93.1. The van der Waals surface area contributed by atoms with E-state index in [9.17, 15) is 92.0 Å². The number of carbonyl (C=O) groups excluding carboxylic acids is 16. The Balaban J connectivity index is 1.15. The molecule has 6 rings (SSSR count). The van der Waals surface area contributed by atoms with Gasteiger partial charge in [0.2, 0.25) is 94.5 Å². The fourth-order valence-corrected chi connectivity index (χ4v) is 17.3. The molecule has 3 saturated heterocycles. The average Bonchev–Trinajstić information content (AvgIpc) is 1.64. The van der Waals surface area contributed by atoms with Crippen molar-refractivity contribution in [3.63, 3.8) is 0 Å². The number of carboxylic acids is 4. The first-order chi connectivity index (χ1) is 70.3. The number of nitrogens with zero attached hydrogens (tertiary/aromatic N) is 4. The predicted molar refractivity (Wildman–Crippen MR) is 530 cm³/mol. The normalized spacial score (nSPS) is 18.4. The van der Waals surface area contributed by atoms with E-state index in [1.807, 2.05) is 0 Å². The predicted octanol–water partition coefficient (Wildman–Crippen LogP) is -3.04. The van der Waals surface area contributed by atoms with E-state index in [-0.39, 0.29) is 200 Å². The smallest absolute Gasteiger partial charge is 0.317 e. The maximum absolute atomic E-state index is 15.6. The number of aliphatic carboxylic acids is 4. The number of carbonyl (C=O) groups is 20. The summed E-state index contributed by atoms with van der Waals surface area (Å²) in [6, 6.07) is -10.0. The molecule has 0 aliphatic carbocycles. The van der Waals surface area contributed by atoms with Crippen molar-refractivity contribution in [3.8, 4) is 0 Å². The number of guanidine groups is 2. The van der Waals surface area contributed by atoms with E-state index in [4.69, 9.17) is 42.6 Å². The number of unbranched alkanes of at least 4 members (excludes halogenated alkanes) is 13. The monoisotopic (exact) mass is 2070 g/mol. The zero-order valence-electron chi connectivity index (χ0n) is 83.5. The van der Waals surface area contributed by atoms with Crippen LogP contribution in [0.4, 0.5) is 0 Å². The molecule has 0 spiro atoms. The molecule has 52 nitrogen and oxygen atoms in total. The highest BCUT2D eigenvalue weighted by Gasteiger charge is 2.46. The molecule has 0 bridgehead atoms. The molecule has 29 N–H and O–H groups in total. The lowest BCUT2D eigenvalue weighted by molar-refractivity contribution is -0.148. The van der Waals surface area contributed by atoms with E-state index in [2.05, 4.69) is 94.7 Å². The quantitative estimate of drug-likeness (QED) is 0.0152. The van der Waals surface area contributed by atoms with Crippen LogP contribution < -0.4 is 97.0 Å². The molecule has 3 aromatic rings. The Bertz CT molecular complexity index is 4830. The SMILES string of the molecule is CC(=O)N[C@H]1CCCNC(=O)C[C@@H](C(=O)N2CCC[C@H]2C(=O)N2CCC[C@H]2C(=O)N[C@@H](CCCNC(=N)N)C(=O)N[C@@H](CCC(=O)O)C(=O)N[C@@H](CCCCN(CC(=O)O)CC(=O)O)C(=O)N[C@@H](CCCCNC(=O)COCCOCCNC(=O)CCCCCCCCCCCCCCC(=O)O)C(N)=O)NC(=O)[C@H](Cc2c[nH]c3ccccc23)NC(=O)[C@H](CCCNC(=N)N)NC(=O)CNC(=O)[C@H](Cc2c[nH]cn2)NC1=O. The van der Waals surface area contributed by atoms with E-state index < -0.39 is 230 Å². The average molecular weight is 2070 g/mol. The summed E-state index contributed by atoms with van der Waals surface area (Å²) in [6.45, 7) is -1.18. The van der Waals surface area contributed by atoms with E-state index >= 15 is 19.2 Å². The van der Waals surface area contributed by atoms with Crippen LogP contribution in [0.2, 0.25) is 0 Å². The van der Waals surface area contributed by atoms with Crippen LogP contribution in [-0.2, 0) is 118 Å². The van der Waals surface area contributed by atoms with Crippen LogP contribution in [0.15, 0.2) is 43.0 Å². The summed E-state index contributed by atoms with van der Waals surface area (Å²) in [4.78, 5) is 287. The Hall–Kier alpha value is -14.2. The van der Waals surface area contributed by atoms with Crippen LogP contribution in [0.5, 0.6) is 0 Å². The van der Waals surface area contributed by atoms with Gasteiger partial charge < -0.3 is 147 Å². The first-order valence-electron chi connectivity index (χ1n) is 50.5. The van der Waals surface area contributed by atoms with E-state index in [0.29, 0.717) is 35.1 Å². The number of imidazole rings is 1. The fourth-order valence-electron chi connectivity index (χ4n) is 17.3. The minimum atomic E-state index is -1.85. The van der Waals surface area contributed by atoms with Gasteiger partial charge in [-0.25, -0.2) is 4.98 Å². The van der Waals surface area contributed by atoms with Gasteiger partial charge in [-0.05, 0) is 140 Å². The number of primary amides is 1. The Labute approximate surface area is 851 Å². The molecule has 16 amide bonds. The zero-order chi connectivity index (χ0) is 108. The summed E-state index contributed by atoms with van der Waals surface area (Å²) in [7, 11) is 0. The molecule has 3 fully saturated rings. The van der Waals surface area contributed by atoms with Crippen molar-refractivity contribution in [2.75, 3.05) is 98.4 Å². The van der Waals surface area contributed by atoms with Crippen LogP contribution in [0.1, 0.15) is 230 Å². The number of carboxylic acid groups (broad SMARTS) is 4. The number of nitrogens with two attached hydrogens (primary N) is 3. The Morgan fingerprint density at radius 3 is 1.68 bits per heavy atom. The number of ether oxygens (including phenoxy) is 2. The van der Waals surface area contributed by atoms with Crippen molar-refractivity contribution >= 4 is 141 Å². The van der Waals surface area contributed by atoms with Gasteiger partial charge in [0.25, 0.3) is 0 Å². The second-order valence-electron chi connectivity index (χ2n) is 36.7. The largest absolute Gasteiger partial charge is 0.481 e. The highest BCUT2D eigenvalue weighted by atomic mass is 16.5. The van der Waals surface area contributed by atoms with Crippen LogP contribution >= 0.6 is 0 Å². The number of H-pyrrole nitrogens is 2. The third kappa shape index (κ3) is 48.1. The molecule has 5 heterocycles. The number of hydrogen-bond donors (Lipinski definition) is 26. The van der Waals surface area contributed by atoms with Gasteiger partial charge in [0.05, 0.1) is 57.9 Å². The Morgan fingerprint density at radius 2 is 1.05 bits per heavy atom. The van der Waals surface area contributed by atoms with Crippen molar-refractivity contribution in [1.29, 1.82) is 10.8 Å². The second kappa shape index (κ2) is 67.5. The molecule has 816 valence electrons. The number of aromatic amines is 2. The summed E-state index contributed by atoms with van der Waals surface area (Å²) in [5.41, 5.74) is 18.4. The van der Waals surface area contributed by atoms with Gasteiger partial charge in [-0.1, -0.05) is 82.4 Å². The summed E-state index contributed by atoms with van der Waals surface area (Å²) in [6.07, 6.45) is 14.3. The molecule has 3 aliphatic rings. The highest BCUT2D eigenvalue weighted by molar-refractivity contribution is 6.01. The van der Waals surface area contributed by atoms with E-state index in [1.165, 1.54) is 23.8 Å². The third-order valence-corrected chi connectivity index (χ3v) is 24.8. The molecule has 0 saturated carbocycles. The highest BCUT2D eigenvalue weighted by Crippen LogP contribution is 2.28. The first-order valence-corrected chi connectivity index (χ1v) is 50.5. The van der Waals surface area contributed by atoms with E-state index in [1.54, 1.807) is 30.5 Å². The topological polar surface area (TPSA) is 801 Å². The van der Waals surface area contributed by atoms with Crippen LogP contribution in [-0.4, -0.2) is 345 Å². The fraction of sp³-hybridized carbons (Fsp3) is 0.653. The molecule has 52 heteroatoms. The zero-order valence-corrected chi connectivity index (χ0v) is 83.5. The lowest BCUT2D eigenvalue weighted by Gasteiger charge is -2.33. The lowest BCUT2D eigenvalue weighted by Crippen LogP contribution is -2.60. The lowest BCUT2D eigenvalue weighted by atomic mass is 10.0. The number of likely N-dealkylation sites (tertiary alicyclic amines) is 2. The minimum absolute atomic E-state index is 0.0169. The number of rotatable bonds is 64. The van der Waals surface area contributed by atoms with E-state index in [0.717, 1.165) is 87.4 Å². The number of fused-ring (bicyclic) bond motifs is 1. The molecule has 0 unspecified atom stereocenters. The van der Waals surface area contributed by atoms with Gasteiger partial charge in [0.15, 0.2) is 11.9 Å². The van der Waals surface area contributed by atoms with Crippen molar-refractivity contribution in [1.82, 2.24) is 109 Å². The molecule has 3 aliphatic heterocycles. The van der Waals surface area contributed by atoms with Gasteiger partial charge in [0, 0.05) is 108 Å². The Kier molecular flexibility index (Phi) is 55.8. The maximum Gasteiger partial charge on any atom is 0.317 e.